The molecular formula is C19H21ClN2O6S. The Hall–Kier alpha value is -2.26. The fourth-order valence-electron chi connectivity index (χ4n) is 3.67. The second-order valence-corrected chi connectivity index (χ2v) is 9.71. The monoisotopic (exact) mass is 440 g/mol. The highest BCUT2D eigenvalue weighted by atomic mass is 35.5. The molecule has 0 aromatic heterocycles. The van der Waals surface area contributed by atoms with Crippen LogP contribution in [-0.2, 0) is 19.2 Å². The van der Waals surface area contributed by atoms with Crippen LogP contribution < -0.4 is 10.1 Å². The fourth-order valence-corrected chi connectivity index (χ4v) is 5.60. The molecule has 1 aromatic rings. The number of thioether (sulfide) groups is 1. The number of carbonyl (C=O) groups is 4. The molecule has 2 N–H and O–H groups in total. The summed E-state index contributed by atoms with van der Waals surface area (Å²) in [6.45, 7) is 6.06. The van der Waals surface area contributed by atoms with Gasteiger partial charge in [0.1, 0.15) is 17.2 Å². The number of ether oxygens (including phenoxy) is 1. The van der Waals surface area contributed by atoms with E-state index in [1.54, 1.807) is 38.1 Å². The minimum atomic E-state index is -1.82. The maximum absolute atomic E-state index is 12.9. The Balaban J connectivity index is 1.83. The molecule has 4 atom stereocenters. The van der Waals surface area contributed by atoms with Crippen LogP contribution in [0.3, 0.4) is 0 Å². The van der Waals surface area contributed by atoms with Gasteiger partial charge in [0.2, 0.25) is 5.54 Å². The normalized spacial score (nSPS) is 28.2. The SMILES string of the molecule is CC(=O)[C@]1(NC(=O)C(C)Oc2ccccc2Cl)C(=O)N2[C@@H](C(=O)O)C(C)(C)S[C@@H]21. The first-order chi connectivity index (χ1) is 13.4. The second-order valence-electron chi connectivity index (χ2n) is 7.57. The van der Waals surface area contributed by atoms with Crippen molar-refractivity contribution in [1.29, 1.82) is 0 Å². The smallest absolute Gasteiger partial charge is 0.327 e. The molecule has 2 fully saturated rings. The van der Waals surface area contributed by atoms with Crippen LogP contribution in [-0.4, -0.2) is 61.4 Å². The minimum absolute atomic E-state index is 0.289. The van der Waals surface area contributed by atoms with Crippen LogP contribution in [0.5, 0.6) is 5.75 Å². The molecule has 2 aliphatic rings. The Bertz CT molecular complexity index is 906. The zero-order valence-corrected chi connectivity index (χ0v) is 17.8. The van der Waals surface area contributed by atoms with Gasteiger partial charge in [-0.25, -0.2) is 4.79 Å². The summed E-state index contributed by atoms with van der Waals surface area (Å²) >= 11 is 7.22. The highest BCUT2D eigenvalue weighted by molar-refractivity contribution is 8.01. The highest BCUT2D eigenvalue weighted by Gasteiger charge is 2.74. The van der Waals surface area contributed by atoms with Gasteiger partial charge in [0, 0.05) is 4.75 Å². The van der Waals surface area contributed by atoms with E-state index in [0.717, 1.165) is 4.90 Å². The average molecular weight is 441 g/mol. The van der Waals surface area contributed by atoms with E-state index in [2.05, 4.69) is 5.32 Å². The minimum Gasteiger partial charge on any atom is -0.480 e. The topological polar surface area (TPSA) is 113 Å². The molecule has 156 valence electrons. The molecule has 2 amide bonds. The molecule has 3 rings (SSSR count). The third-order valence-corrected chi connectivity index (χ3v) is 7.11. The number of carboxylic acids is 1. The number of ketones is 1. The van der Waals surface area contributed by atoms with Crippen LogP contribution in [0.4, 0.5) is 0 Å². The van der Waals surface area contributed by atoms with Crippen molar-refractivity contribution >= 4 is 46.9 Å². The molecule has 29 heavy (non-hydrogen) atoms. The van der Waals surface area contributed by atoms with Crippen LogP contribution in [0.1, 0.15) is 27.7 Å². The van der Waals surface area contributed by atoms with Crippen molar-refractivity contribution < 1.29 is 29.0 Å². The lowest BCUT2D eigenvalue weighted by Gasteiger charge is -2.51. The summed E-state index contributed by atoms with van der Waals surface area (Å²) in [5.41, 5.74) is -1.82. The predicted molar refractivity (Wildman–Crippen MR) is 107 cm³/mol. The van der Waals surface area contributed by atoms with E-state index in [-0.39, 0.29) is 5.75 Å². The van der Waals surface area contributed by atoms with Crippen molar-refractivity contribution in [2.75, 3.05) is 0 Å². The summed E-state index contributed by atoms with van der Waals surface area (Å²) in [5, 5.41) is 11.6. The molecule has 1 unspecified atom stereocenters. The number of halogens is 1. The number of aliphatic carboxylic acids is 1. The number of hydrogen-bond donors (Lipinski definition) is 2. The Morgan fingerprint density at radius 2 is 1.93 bits per heavy atom. The number of benzene rings is 1. The van der Waals surface area contributed by atoms with Gasteiger partial charge in [0.15, 0.2) is 11.9 Å². The zero-order chi connectivity index (χ0) is 21.7. The lowest BCUT2D eigenvalue weighted by atomic mass is 9.81. The van der Waals surface area contributed by atoms with Gasteiger partial charge in [-0.15, -0.1) is 11.8 Å². The summed E-state index contributed by atoms with van der Waals surface area (Å²) in [4.78, 5) is 51.0. The molecule has 2 saturated heterocycles. The first kappa shape index (κ1) is 21.4. The first-order valence-corrected chi connectivity index (χ1v) is 10.2. The van der Waals surface area contributed by atoms with Gasteiger partial charge < -0.3 is 20.1 Å². The van der Waals surface area contributed by atoms with Crippen molar-refractivity contribution in [3.05, 3.63) is 29.3 Å². The van der Waals surface area contributed by atoms with Crippen molar-refractivity contribution in [1.82, 2.24) is 10.2 Å². The van der Waals surface area contributed by atoms with Crippen LogP contribution >= 0.6 is 23.4 Å². The lowest BCUT2D eigenvalue weighted by Crippen LogP contribution is -2.82. The maximum Gasteiger partial charge on any atom is 0.327 e. The van der Waals surface area contributed by atoms with E-state index in [0.29, 0.717) is 5.02 Å². The summed E-state index contributed by atoms with van der Waals surface area (Å²) < 4.78 is 4.74. The average Bonchev–Trinajstić information content (AvgIpc) is 2.89. The number of carboxylic acid groups (broad SMARTS) is 1. The molecule has 2 aliphatic heterocycles. The second kappa shape index (κ2) is 7.21. The van der Waals surface area contributed by atoms with Crippen LogP contribution in [0.25, 0.3) is 0 Å². The lowest BCUT2D eigenvalue weighted by molar-refractivity contribution is -0.172. The quantitative estimate of drug-likeness (QED) is 0.511. The Labute approximate surface area is 176 Å². The van der Waals surface area contributed by atoms with E-state index < -0.39 is 51.4 Å². The van der Waals surface area contributed by atoms with Gasteiger partial charge in [-0.2, -0.15) is 0 Å². The number of Topliss-reactive ketones (excluding diaryl/α,β-unsaturated/α-hetero) is 1. The molecule has 0 aliphatic carbocycles. The van der Waals surface area contributed by atoms with Gasteiger partial charge in [0.05, 0.1) is 5.02 Å². The summed E-state index contributed by atoms with van der Waals surface area (Å²) in [6, 6.07) is 5.51. The third kappa shape index (κ3) is 3.26. The van der Waals surface area contributed by atoms with E-state index in [4.69, 9.17) is 16.3 Å². The maximum atomic E-state index is 12.9. The fraction of sp³-hybridized carbons (Fsp3) is 0.474. The van der Waals surface area contributed by atoms with Crippen molar-refractivity contribution in [2.45, 2.75) is 55.5 Å². The zero-order valence-electron chi connectivity index (χ0n) is 16.3. The molecule has 2 heterocycles. The summed E-state index contributed by atoms with van der Waals surface area (Å²) in [5.74, 6) is -2.82. The van der Waals surface area contributed by atoms with E-state index in [1.807, 2.05) is 0 Å². The number of nitrogens with one attached hydrogen (secondary N) is 1. The van der Waals surface area contributed by atoms with E-state index in [9.17, 15) is 24.3 Å². The van der Waals surface area contributed by atoms with Crippen molar-refractivity contribution in [3.8, 4) is 5.75 Å². The number of hydrogen-bond acceptors (Lipinski definition) is 6. The molecule has 0 spiro atoms. The number of fused-ring (bicyclic) bond motifs is 1. The third-order valence-electron chi connectivity index (χ3n) is 5.17. The molecule has 0 saturated carbocycles. The number of rotatable bonds is 6. The van der Waals surface area contributed by atoms with Gasteiger partial charge in [0.25, 0.3) is 11.8 Å². The number of amides is 2. The number of β-lactam (4-membered cyclic amide) rings is 1. The van der Waals surface area contributed by atoms with Crippen LogP contribution in [0.2, 0.25) is 5.02 Å². The number of nitrogens with zero attached hydrogens (tertiary/aromatic N) is 1. The van der Waals surface area contributed by atoms with Crippen molar-refractivity contribution in [3.63, 3.8) is 0 Å². The molecule has 0 radical (unpaired) electrons. The number of carbonyl (C=O) groups excluding carboxylic acids is 3. The Morgan fingerprint density at radius 1 is 1.31 bits per heavy atom. The standard InChI is InChI=1S/C19H21ClN2O6S/c1-9(28-12-8-6-5-7-11(12)20)14(24)21-19(10(2)23)16(27)22-13(15(25)26)18(3,4)29-17(19)22/h5-9,13,17H,1-4H3,(H,21,24)(H,25,26)/t9?,13-,17+,19-/m0/s1. The summed E-state index contributed by atoms with van der Waals surface area (Å²) in [6.07, 6.45) is -1.04. The Morgan fingerprint density at radius 3 is 2.48 bits per heavy atom. The molecule has 0 bridgehead atoms. The van der Waals surface area contributed by atoms with Gasteiger partial charge in [-0.1, -0.05) is 23.7 Å². The van der Waals surface area contributed by atoms with E-state index >= 15 is 0 Å². The van der Waals surface area contributed by atoms with E-state index in [1.165, 1.54) is 25.6 Å². The van der Waals surface area contributed by atoms with Crippen molar-refractivity contribution in [2.24, 2.45) is 0 Å². The highest BCUT2D eigenvalue weighted by Crippen LogP contribution is 2.55. The largest absolute Gasteiger partial charge is 0.480 e. The predicted octanol–water partition coefficient (Wildman–Crippen LogP) is 1.70. The molecule has 1 aromatic carbocycles. The first-order valence-electron chi connectivity index (χ1n) is 8.91. The number of para-hydroxylation sites is 1. The summed E-state index contributed by atoms with van der Waals surface area (Å²) in [7, 11) is 0. The van der Waals surface area contributed by atoms with Gasteiger partial charge in [-0.05, 0) is 39.8 Å². The van der Waals surface area contributed by atoms with Gasteiger partial charge in [-0.3, -0.25) is 14.4 Å². The van der Waals surface area contributed by atoms with Gasteiger partial charge >= 0.3 is 5.97 Å². The molecule has 10 heteroatoms. The molecule has 8 nitrogen and oxygen atoms in total. The molecular weight excluding hydrogens is 420 g/mol. The Kier molecular flexibility index (Phi) is 5.33. The van der Waals surface area contributed by atoms with Crippen LogP contribution in [0, 0.1) is 0 Å². The van der Waals surface area contributed by atoms with Crippen LogP contribution in [0.15, 0.2) is 24.3 Å².